The molecule has 17 heavy (non-hydrogen) atoms. The number of hydrogen-bond acceptors (Lipinski definition) is 3. The third kappa shape index (κ3) is 2.11. The second-order valence-corrected chi connectivity index (χ2v) is 5.42. The van der Waals surface area contributed by atoms with Gasteiger partial charge in [0.05, 0.1) is 5.69 Å². The lowest BCUT2D eigenvalue weighted by Gasteiger charge is -2.18. The van der Waals surface area contributed by atoms with Gasteiger partial charge in [-0.15, -0.1) is 0 Å². The van der Waals surface area contributed by atoms with Crippen molar-refractivity contribution in [1.82, 2.24) is 14.5 Å². The van der Waals surface area contributed by atoms with Crippen molar-refractivity contribution in [3.8, 4) is 0 Å². The van der Waals surface area contributed by atoms with E-state index in [0.717, 1.165) is 37.3 Å². The number of nitrogens with zero attached hydrogens (tertiary/aromatic N) is 3. The summed E-state index contributed by atoms with van der Waals surface area (Å²) in [5.74, 6) is 0.881. The van der Waals surface area contributed by atoms with Gasteiger partial charge in [0, 0.05) is 25.2 Å². The van der Waals surface area contributed by atoms with Crippen LogP contribution >= 0.6 is 0 Å². The number of likely N-dealkylation sites (N-methyl/N-ethyl adjacent to an activating group) is 1. The van der Waals surface area contributed by atoms with E-state index in [4.69, 9.17) is 0 Å². The Morgan fingerprint density at radius 3 is 2.88 bits per heavy atom. The molecule has 0 amide bonds. The van der Waals surface area contributed by atoms with E-state index in [1.807, 2.05) is 0 Å². The Morgan fingerprint density at radius 2 is 2.18 bits per heavy atom. The van der Waals surface area contributed by atoms with E-state index >= 15 is 0 Å². The van der Waals surface area contributed by atoms with Gasteiger partial charge in [-0.05, 0) is 39.3 Å². The quantitative estimate of drug-likeness (QED) is 0.841. The first-order chi connectivity index (χ1) is 8.24. The molecule has 0 aromatic carbocycles. The predicted molar refractivity (Wildman–Crippen MR) is 65.8 cm³/mol. The number of likely N-dealkylation sites (tertiary alicyclic amines) is 1. The van der Waals surface area contributed by atoms with E-state index in [1.54, 1.807) is 0 Å². The van der Waals surface area contributed by atoms with Crippen LogP contribution in [0.3, 0.4) is 0 Å². The lowest BCUT2D eigenvalue weighted by molar-refractivity contribution is 0.133. The van der Waals surface area contributed by atoms with Gasteiger partial charge in [-0.2, -0.15) is 0 Å². The summed E-state index contributed by atoms with van der Waals surface area (Å²) in [6, 6.07) is 0.643. The molecule has 3 rings (SSSR count). The van der Waals surface area contributed by atoms with Gasteiger partial charge in [0.1, 0.15) is 11.9 Å². The highest BCUT2D eigenvalue weighted by Gasteiger charge is 2.25. The summed E-state index contributed by atoms with van der Waals surface area (Å²) in [4.78, 5) is 7.04. The predicted octanol–water partition coefficient (Wildman–Crippen LogP) is 1.35. The molecule has 3 heterocycles. The second kappa shape index (κ2) is 4.42. The van der Waals surface area contributed by atoms with Crippen molar-refractivity contribution in [2.45, 2.75) is 50.8 Å². The zero-order valence-corrected chi connectivity index (χ0v) is 10.5. The summed E-state index contributed by atoms with van der Waals surface area (Å²) in [7, 11) is 2.20. The number of fused-ring (bicyclic) bond motifs is 1. The zero-order valence-electron chi connectivity index (χ0n) is 10.5. The summed E-state index contributed by atoms with van der Waals surface area (Å²) in [6.45, 7) is 2.22. The van der Waals surface area contributed by atoms with Crippen molar-refractivity contribution < 1.29 is 5.11 Å². The Kier molecular flexibility index (Phi) is 2.92. The minimum absolute atomic E-state index is 0.348. The smallest absolute Gasteiger partial charge is 0.137 e. The highest BCUT2D eigenvalue weighted by molar-refractivity contribution is 5.10. The Balaban J connectivity index is 1.75. The molecule has 94 valence electrons. The molecule has 1 aromatic heterocycles. The van der Waals surface area contributed by atoms with E-state index in [2.05, 4.69) is 27.7 Å². The van der Waals surface area contributed by atoms with Crippen molar-refractivity contribution in [3.63, 3.8) is 0 Å². The fourth-order valence-electron chi connectivity index (χ4n) is 3.09. The van der Waals surface area contributed by atoms with Crippen molar-refractivity contribution in [2.24, 2.45) is 0 Å². The van der Waals surface area contributed by atoms with Gasteiger partial charge in [0.15, 0.2) is 0 Å². The molecule has 1 fully saturated rings. The molecule has 0 bridgehead atoms. The third-order valence-corrected chi connectivity index (χ3v) is 4.15. The van der Waals surface area contributed by atoms with Gasteiger partial charge < -0.3 is 14.6 Å². The van der Waals surface area contributed by atoms with E-state index in [1.165, 1.54) is 19.4 Å². The monoisotopic (exact) mass is 235 g/mol. The molecule has 0 radical (unpaired) electrons. The summed E-state index contributed by atoms with van der Waals surface area (Å²) >= 11 is 0. The highest BCUT2D eigenvalue weighted by Crippen LogP contribution is 2.25. The molecular formula is C13H21N3O. The van der Waals surface area contributed by atoms with E-state index in [0.29, 0.717) is 6.04 Å². The van der Waals surface area contributed by atoms with Crippen LogP contribution in [0, 0.1) is 0 Å². The number of aliphatic hydroxyl groups is 1. The number of rotatable bonds is 2. The van der Waals surface area contributed by atoms with E-state index in [-0.39, 0.29) is 6.10 Å². The Hall–Kier alpha value is -0.870. The van der Waals surface area contributed by atoms with Crippen LogP contribution in [0.25, 0.3) is 0 Å². The number of hydrogen-bond donors (Lipinski definition) is 1. The molecule has 2 unspecified atom stereocenters. The van der Waals surface area contributed by atoms with Crippen LogP contribution in [0.4, 0.5) is 0 Å². The zero-order chi connectivity index (χ0) is 11.8. The normalized spacial score (nSPS) is 29.5. The Morgan fingerprint density at radius 1 is 1.35 bits per heavy atom. The summed E-state index contributed by atoms with van der Waals surface area (Å²) in [5.41, 5.74) is 1.15. The Labute approximate surface area is 102 Å². The van der Waals surface area contributed by atoms with Gasteiger partial charge in [-0.3, -0.25) is 0 Å². The first-order valence-corrected chi connectivity index (χ1v) is 6.68. The molecule has 0 spiro atoms. The minimum atomic E-state index is -0.348. The van der Waals surface area contributed by atoms with Gasteiger partial charge in [0.2, 0.25) is 0 Å². The van der Waals surface area contributed by atoms with Crippen LogP contribution in [-0.2, 0) is 13.0 Å². The summed E-state index contributed by atoms with van der Waals surface area (Å²) < 4.78 is 2.14. The molecule has 0 saturated carbocycles. The molecule has 2 atom stereocenters. The lowest BCUT2D eigenvalue weighted by Crippen LogP contribution is -2.26. The minimum Gasteiger partial charge on any atom is -0.385 e. The number of aromatic nitrogens is 2. The van der Waals surface area contributed by atoms with Crippen LogP contribution in [-0.4, -0.2) is 39.2 Å². The largest absolute Gasteiger partial charge is 0.385 e. The lowest BCUT2D eigenvalue weighted by atomic mass is 10.1. The standard InChI is InChI=1S/C13H21N3O/c1-15-6-2-4-11(15)8-10-9-16-7-3-5-12(17)13(16)14-10/h9,11-12,17H,2-8H2,1H3. The van der Waals surface area contributed by atoms with E-state index in [9.17, 15) is 5.11 Å². The van der Waals surface area contributed by atoms with Gasteiger partial charge >= 0.3 is 0 Å². The maximum Gasteiger partial charge on any atom is 0.137 e. The molecule has 4 nitrogen and oxygen atoms in total. The molecule has 4 heteroatoms. The SMILES string of the molecule is CN1CCCC1Cc1cn2c(n1)C(O)CCC2. The molecule has 2 aliphatic rings. The molecule has 1 saturated heterocycles. The van der Waals surface area contributed by atoms with Crippen LogP contribution in [0.5, 0.6) is 0 Å². The molecule has 0 aliphatic carbocycles. The summed E-state index contributed by atoms with van der Waals surface area (Å²) in [5, 5.41) is 9.89. The number of imidazole rings is 1. The molecule has 2 aliphatic heterocycles. The maximum atomic E-state index is 9.89. The third-order valence-electron chi connectivity index (χ3n) is 4.15. The van der Waals surface area contributed by atoms with Crippen LogP contribution in [0.1, 0.15) is 43.3 Å². The fourth-order valence-corrected chi connectivity index (χ4v) is 3.09. The van der Waals surface area contributed by atoms with Crippen molar-refractivity contribution >= 4 is 0 Å². The first kappa shape index (κ1) is 11.2. The van der Waals surface area contributed by atoms with E-state index < -0.39 is 0 Å². The topological polar surface area (TPSA) is 41.3 Å². The fraction of sp³-hybridized carbons (Fsp3) is 0.769. The summed E-state index contributed by atoms with van der Waals surface area (Å²) in [6.07, 6.45) is 7.33. The number of aryl methyl sites for hydroxylation is 1. The second-order valence-electron chi connectivity index (χ2n) is 5.42. The van der Waals surface area contributed by atoms with Crippen LogP contribution < -0.4 is 0 Å². The van der Waals surface area contributed by atoms with Gasteiger partial charge in [-0.1, -0.05) is 0 Å². The van der Waals surface area contributed by atoms with Crippen molar-refractivity contribution in [1.29, 1.82) is 0 Å². The highest BCUT2D eigenvalue weighted by atomic mass is 16.3. The number of aliphatic hydroxyl groups excluding tert-OH is 1. The maximum absolute atomic E-state index is 9.89. The molecule has 1 aromatic rings. The Bertz CT molecular complexity index is 401. The first-order valence-electron chi connectivity index (χ1n) is 6.68. The van der Waals surface area contributed by atoms with Crippen molar-refractivity contribution in [2.75, 3.05) is 13.6 Å². The average molecular weight is 235 g/mol. The molecular weight excluding hydrogens is 214 g/mol. The van der Waals surface area contributed by atoms with Gasteiger partial charge in [0.25, 0.3) is 0 Å². The molecule has 1 N–H and O–H groups in total. The van der Waals surface area contributed by atoms with Crippen molar-refractivity contribution in [3.05, 3.63) is 17.7 Å². The van der Waals surface area contributed by atoms with Gasteiger partial charge in [-0.25, -0.2) is 4.98 Å². The average Bonchev–Trinajstić information content (AvgIpc) is 2.87. The van der Waals surface area contributed by atoms with Crippen LogP contribution in [0.15, 0.2) is 6.20 Å². The van der Waals surface area contributed by atoms with Crippen LogP contribution in [0.2, 0.25) is 0 Å².